The molecule has 1 aliphatic carbocycles. The average Bonchev–Trinajstić information content (AvgIpc) is 2.57. The van der Waals surface area contributed by atoms with Crippen molar-refractivity contribution in [3.63, 3.8) is 0 Å². The maximum Gasteiger partial charge on any atom is 0.187 e. The van der Waals surface area contributed by atoms with E-state index in [1.54, 1.807) is 13.0 Å². The van der Waals surface area contributed by atoms with Gasteiger partial charge in [-0.15, -0.1) is 0 Å². The minimum absolute atomic E-state index is 0.0471. The van der Waals surface area contributed by atoms with Crippen molar-refractivity contribution in [1.29, 1.82) is 0 Å². The Morgan fingerprint density at radius 2 is 1.96 bits per heavy atom. The van der Waals surface area contributed by atoms with Crippen molar-refractivity contribution < 1.29 is 39.8 Å². The zero-order valence-electron chi connectivity index (χ0n) is 15.9. The number of aliphatic hydroxyl groups excluding tert-OH is 5. The molecule has 0 spiro atoms. The monoisotopic (exact) mass is 386 g/mol. The Morgan fingerprint density at radius 1 is 1.30 bits per heavy atom. The molecule has 2 aliphatic rings. The predicted molar refractivity (Wildman–Crippen MR) is 95.5 cm³/mol. The second-order valence-corrected chi connectivity index (χ2v) is 7.96. The molecule has 5 N–H and O–H groups in total. The molecule has 0 unspecified atom stereocenters. The maximum atomic E-state index is 12.1. The second kappa shape index (κ2) is 8.91. The van der Waals surface area contributed by atoms with E-state index < -0.39 is 43.4 Å². The number of aliphatic hydroxyl groups is 5. The molecule has 0 aromatic heterocycles. The predicted octanol–water partition coefficient (Wildman–Crippen LogP) is -0.719. The molecule has 1 fully saturated rings. The molecule has 0 amide bonds. The van der Waals surface area contributed by atoms with E-state index in [1.165, 1.54) is 6.08 Å². The summed E-state index contributed by atoms with van der Waals surface area (Å²) in [5.74, 6) is -0.219. The van der Waals surface area contributed by atoms with Gasteiger partial charge in [0.25, 0.3) is 0 Å². The Balaban J connectivity index is 2.14. The number of allylic oxidation sites excluding steroid dienone is 2. The molecule has 0 radical (unpaired) electrons. The third-order valence-corrected chi connectivity index (χ3v) is 5.06. The molecule has 0 saturated carbocycles. The van der Waals surface area contributed by atoms with Gasteiger partial charge in [0, 0.05) is 12.3 Å². The molecule has 0 aromatic rings. The minimum Gasteiger partial charge on any atom is -0.394 e. The fraction of sp³-hybridized carbons (Fsp3) is 0.737. The van der Waals surface area contributed by atoms with E-state index in [2.05, 4.69) is 0 Å². The Morgan fingerprint density at radius 3 is 2.56 bits per heavy atom. The molecular formula is C19H30O8. The first-order valence-corrected chi connectivity index (χ1v) is 9.08. The van der Waals surface area contributed by atoms with Gasteiger partial charge in [-0.2, -0.15) is 0 Å². The third kappa shape index (κ3) is 5.23. The molecule has 2 rings (SSSR count). The first-order valence-electron chi connectivity index (χ1n) is 9.08. The van der Waals surface area contributed by atoms with Gasteiger partial charge >= 0.3 is 0 Å². The lowest BCUT2D eigenvalue weighted by molar-refractivity contribution is -0.299. The number of carbonyl (C=O) groups excluding carboxylic acids is 1. The summed E-state index contributed by atoms with van der Waals surface area (Å²) in [6.45, 7) is 4.93. The average molecular weight is 386 g/mol. The fourth-order valence-corrected chi connectivity index (χ4v) is 3.58. The largest absolute Gasteiger partial charge is 0.394 e. The molecule has 27 heavy (non-hydrogen) atoms. The van der Waals surface area contributed by atoms with Crippen LogP contribution in [0.3, 0.4) is 0 Å². The van der Waals surface area contributed by atoms with Crippen molar-refractivity contribution in [2.75, 3.05) is 13.2 Å². The fourth-order valence-electron chi connectivity index (χ4n) is 3.58. The van der Waals surface area contributed by atoms with Gasteiger partial charge in [-0.3, -0.25) is 4.79 Å². The standard InChI is InChI=1S/C19H30O8/c1-10(21)4-5-13-11(6-12(22)7-19(13,2)3)9-26-18-17(25)16(24)15(23)14(8-20)27-18/h4-6,10,13-18,20-21,23-25H,7-9H2,1-3H3/t10-,13+,14-,15-,16+,17-,18-/m1/s1. The summed E-state index contributed by atoms with van der Waals surface area (Å²) in [5.41, 5.74) is 0.274. The summed E-state index contributed by atoms with van der Waals surface area (Å²) in [6, 6.07) is 0. The summed E-state index contributed by atoms with van der Waals surface area (Å²) < 4.78 is 10.9. The van der Waals surface area contributed by atoms with Crippen molar-refractivity contribution in [2.24, 2.45) is 11.3 Å². The van der Waals surface area contributed by atoms with Crippen LogP contribution in [0.15, 0.2) is 23.8 Å². The smallest absolute Gasteiger partial charge is 0.187 e. The molecule has 8 nitrogen and oxygen atoms in total. The Kier molecular flexibility index (Phi) is 7.32. The van der Waals surface area contributed by atoms with Gasteiger partial charge in [-0.25, -0.2) is 0 Å². The molecular weight excluding hydrogens is 356 g/mol. The highest BCUT2D eigenvalue weighted by Gasteiger charge is 2.44. The van der Waals surface area contributed by atoms with E-state index in [-0.39, 0.29) is 23.7 Å². The normalized spacial score (nSPS) is 38.1. The lowest BCUT2D eigenvalue weighted by atomic mass is 9.68. The van der Waals surface area contributed by atoms with Crippen molar-refractivity contribution in [3.05, 3.63) is 23.8 Å². The second-order valence-electron chi connectivity index (χ2n) is 7.96. The van der Waals surface area contributed by atoms with Crippen LogP contribution in [-0.4, -0.2) is 81.3 Å². The van der Waals surface area contributed by atoms with Crippen molar-refractivity contribution in [3.8, 4) is 0 Å². The highest BCUT2D eigenvalue weighted by Crippen LogP contribution is 2.41. The van der Waals surface area contributed by atoms with E-state index >= 15 is 0 Å². The van der Waals surface area contributed by atoms with Crippen LogP contribution in [0.25, 0.3) is 0 Å². The molecule has 7 atom stereocenters. The molecule has 8 heteroatoms. The lowest BCUT2D eigenvalue weighted by Gasteiger charge is -2.41. The van der Waals surface area contributed by atoms with E-state index in [9.17, 15) is 30.3 Å². The van der Waals surface area contributed by atoms with Crippen LogP contribution in [0.1, 0.15) is 27.2 Å². The third-order valence-electron chi connectivity index (χ3n) is 5.06. The van der Waals surface area contributed by atoms with E-state index in [0.717, 1.165) is 0 Å². The van der Waals surface area contributed by atoms with Crippen molar-refractivity contribution in [1.82, 2.24) is 0 Å². The number of carbonyl (C=O) groups is 1. The molecule has 154 valence electrons. The van der Waals surface area contributed by atoms with Gasteiger partial charge in [0.1, 0.15) is 24.4 Å². The number of ketones is 1. The lowest BCUT2D eigenvalue weighted by Crippen LogP contribution is -2.59. The molecule has 1 heterocycles. The minimum atomic E-state index is -1.52. The molecule has 0 aromatic carbocycles. The topological polar surface area (TPSA) is 137 Å². The number of hydrogen-bond donors (Lipinski definition) is 5. The zero-order chi connectivity index (χ0) is 20.4. The summed E-state index contributed by atoms with van der Waals surface area (Å²) >= 11 is 0. The highest BCUT2D eigenvalue weighted by atomic mass is 16.7. The van der Waals surface area contributed by atoms with E-state index in [0.29, 0.717) is 12.0 Å². The van der Waals surface area contributed by atoms with Crippen LogP contribution in [0.2, 0.25) is 0 Å². The summed E-state index contributed by atoms with van der Waals surface area (Å²) in [4.78, 5) is 12.1. The number of ether oxygens (including phenoxy) is 2. The number of rotatable bonds is 6. The maximum absolute atomic E-state index is 12.1. The van der Waals surface area contributed by atoms with Gasteiger partial charge in [0.15, 0.2) is 12.1 Å². The van der Waals surface area contributed by atoms with Crippen molar-refractivity contribution >= 4 is 5.78 Å². The number of hydrogen-bond acceptors (Lipinski definition) is 8. The molecule has 1 aliphatic heterocycles. The Labute approximate surface area is 158 Å². The summed E-state index contributed by atoms with van der Waals surface area (Å²) in [6.07, 6.45) is -2.11. The van der Waals surface area contributed by atoms with Crippen molar-refractivity contribution in [2.45, 2.75) is 64.0 Å². The molecule has 0 bridgehead atoms. The van der Waals surface area contributed by atoms with Gasteiger partial charge in [0.2, 0.25) is 0 Å². The van der Waals surface area contributed by atoms with Crippen LogP contribution in [0, 0.1) is 11.3 Å². The summed E-state index contributed by atoms with van der Waals surface area (Å²) in [5, 5.41) is 48.5. The first-order chi connectivity index (χ1) is 12.6. The van der Waals surface area contributed by atoms with Crippen LogP contribution in [0.5, 0.6) is 0 Å². The molecule has 1 saturated heterocycles. The van der Waals surface area contributed by atoms with Crippen LogP contribution in [-0.2, 0) is 14.3 Å². The zero-order valence-corrected chi connectivity index (χ0v) is 15.9. The summed E-state index contributed by atoms with van der Waals surface area (Å²) in [7, 11) is 0. The van der Waals surface area contributed by atoms with Crippen LogP contribution in [0.4, 0.5) is 0 Å². The van der Waals surface area contributed by atoms with Gasteiger partial charge in [-0.05, 0) is 24.0 Å². The SMILES string of the molecule is C[C@@H](O)C=C[C@H]1C(CO[C@@H]2O[C@H](CO)[C@@H](O)[C@H](O)[C@H]2O)=CC(=O)CC1(C)C. The highest BCUT2D eigenvalue weighted by molar-refractivity contribution is 5.92. The first kappa shape index (κ1) is 22.2. The van der Waals surface area contributed by atoms with Crippen LogP contribution >= 0.6 is 0 Å². The quantitative estimate of drug-likeness (QED) is 0.377. The van der Waals surface area contributed by atoms with Crippen LogP contribution < -0.4 is 0 Å². The van der Waals surface area contributed by atoms with Gasteiger partial charge < -0.3 is 35.0 Å². The Bertz CT molecular complexity index is 580. The van der Waals surface area contributed by atoms with Gasteiger partial charge in [0.05, 0.1) is 19.3 Å². The van der Waals surface area contributed by atoms with E-state index in [1.807, 2.05) is 19.9 Å². The van der Waals surface area contributed by atoms with Gasteiger partial charge in [-0.1, -0.05) is 26.0 Å². The Hall–Kier alpha value is -1.13. The van der Waals surface area contributed by atoms with E-state index in [4.69, 9.17) is 9.47 Å².